The summed E-state index contributed by atoms with van der Waals surface area (Å²) < 4.78 is 40.3. The normalized spacial score (nSPS) is 13.2. The van der Waals surface area contributed by atoms with Gasteiger partial charge in [0.25, 0.3) is 0 Å². The molecule has 0 radical (unpaired) electrons. The average molecular weight is 428 g/mol. The Kier molecular flexibility index (Phi) is 4.65. The van der Waals surface area contributed by atoms with E-state index < -0.39 is 11.6 Å². The van der Waals surface area contributed by atoms with E-state index in [2.05, 4.69) is 4.99 Å². The summed E-state index contributed by atoms with van der Waals surface area (Å²) in [6.07, 6.45) is 0. The number of fused-ring (bicyclic) bond motifs is 1. The van der Waals surface area contributed by atoms with Crippen molar-refractivity contribution in [3.63, 3.8) is 0 Å². The molecule has 5 rings (SSSR count). The molecule has 0 spiro atoms. The van der Waals surface area contributed by atoms with Crippen LogP contribution in [0.4, 0.5) is 14.5 Å². The average Bonchev–Trinajstić information content (AvgIpc) is 3.45. The maximum absolute atomic E-state index is 14.2. The fraction of sp³-hybridized carbons (Fsp3) is 0.0952. The number of benzene rings is 2. The van der Waals surface area contributed by atoms with Gasteiger partial charge in [0.2, 0.25) is 6.79 Å². The number of aromatic nitrogens is 1. The van der Waals surface area contributed by atoms with Gasteiger partial charge in [-0.25, -0.2) is 13.8 Å². The third-order valence-corrected chi connectivity index (χ3v) is 6.23. The van der Waals surface area contributed by atoms with Crippen molar-refractivity contribution < 1.29 is 18.3 Å². The molecular weight excluding hydrogens is 414 g/mol. The largest absolute Gasteiger partial charge is 0.454 e. The number of thiazole rings is 1. The summed E-state index contributed by atoms with van der Waals surface area (Å²) in [4.78, 5) is 6.18. The van der Waals surface area contributed by atoms with Crippen molar-refractivity contribution >= 4 is 28.4 Å². The Morgan fingerprint density at radius 1 is 1.00 bits per heavy atom. The van der Waals surface area contributed by atoms with E-state index in [4.69, 9.17) is 9.47 Å². The quantitative estimate of drug-likeness (QED) is 0.426. The lowest BCUT2D eigenvalue weighted by Crippen LogP contribution is -2.16. The van der Waals surface area contributed by atoms with Crippen molar-refractivity contribution in [3.05, 3.63) is 81.3 Å². The lowest BCUT2D eigenvalue weighted by atomic mass is 10.2. The topological polar surface area (TPSA) is 35.8 Å². The van der Waals surface area contributed by atoms with Crippen LogP contribution in [-0.4, -0.2) is 11.4 Å². The molecule has 4 aromatic rings. The highest BCUT2D eigenvalue weighted by molar-refractivity contribution is 7.14. The van der Waals surface area contributed by atoms with Gasteiger partial charge in [-0.1, -0.05) is 12.1 Å². The van der Waals surface area contributed by atoms with E-state index in [-0.39, 0.29) is 12.5 Å². The van der Waals surface area contributed by atoms with Gasteiger partial charge in [0.1, 0.15) is 11.5 Å². The fourth-order valence-electron chi connectivity index (χ4n) is 3.09. The molecule has 0 amide bonds. The Hall–Kier alpha value is -2.97. The number of ether oxygens (including phenoxy) is 2. The smallest absolute Gasteiger partial charge is 0.231 e. The predicted molar refractivity (Wildman–Crippen MR) is 109 cm³/mol. The molecule has 0 bridgehead atoms. The maximum atomic E-state index is 14.2. The fourth-order valence-corrected chi connectivity index (χ4v) is 4.83. The molecule has 0 saturated carbocycles. The zero-order valence-electron chi connectivity index (χ0n) is 15.0. The van der Waals surface area contributed by atoms with Gasteiger partial charge in [-0.15, -0.1) is 22.7 Å². The molecule has 8 heteroatoms. The SMILES string of the molecule is Fc1ccc(N=c2scc(-c3cccs3)n2Cc2ccc3c(c2)OCO3)c(F)c1. The van der Waals surface area contributed by atoms with Crippen LogP contribution in [0.1, 0.15) is 5.56 Å². The molecule has 1 aliphatic rings. The van der Waals surface area contributed by atoms with Gasteiger partial charge in [-0.2, -0.15) is 0 Å². The van der Waals surface area contributed by atoms with Gasteiger partial charge >= 0.3 is 0 Å². The van der Waals surface area contributed by atoms with Gasteiger partial charge in [-0.3, -0.25) is 0 Å². The Bertz CT molecular complexity index is 1250. The zero-order valence-corrected chi connectivity index (χ0v) is 16.6. The second-order valence-corrected chi connectivity index (χ2v) is 8.15. The van der Waals surface area contributed by atoms with Crippen molar-refractivity contribution in [3.8, 4) is 22.1 Å². The Morgan fingerprint density at radius 2 is 1.90 bits per heavy atom. The second-order valence-electron chi connectivity index (χ2n) is 6.36. The number of rotatable bonds is 4. The van der Waals surface area contributed by atoms with Crippen LogP contribution in [0.3, 0.4) is 0 Å². The van der Waals surface area contributed by atoms with Crippen LogP contribution in [-0.2, 0) is 6.54 Å². The number of nitrogens with zero attached hydrogens (tertiary/aromatic N) is 2. The monoisotopic (exact) mass is 428 g/mol. The summed E-state index contributed by atoms with van der Waals surface area (Å²) >= 11 is 3.03. The minimum absolute atomic E-state index is 0.102. The number of halogens is 2. The van der Waals surface area contributed by atoms with E-state index >= 15 is 0 Å². The highest BCUT2D eigenvalue weighted by Gasteiger charge is 2.15. The van der Waals surface area contributed by atoms with Gasteiger partial charge in [-0.05, 0) is 41.3 Å². The van der Waals surface area contributed by atoms with Crippen LogP contribution >= 0.6 is 22.7 Å². The molecule has 29 heavy (non-hydrogen) atoms. The second kappa shape index (κ2) is 7.46. The van der Waals surface area contributed by atoms with Crippen LogP contribution in [0.25, 0.3) is 10.6 Å². The summed E-state index contributed by atoms with van der Waals surface area (Å²) in [7, 11) is 0. The maximum Gasteiger partial charge on any atom is 0.231 e. The van der Waals surface area contributed by atoms with Crippen molar-refractivity contribution in [2.75, 3.05) is 6.79 Å². The molecular formula is C21H14F2N2O2S2. The van der Waals surface area contributed by atoms with Crippen molar-refractivity contribution in [2.45, 2.75) is 6.54 Å². The molecule has 3 heterocycles. The van der Waals surface area contributed by atoms with Crippen molar-refractivity contribution in [1.82, 2.24) is 4.57 Å². The standard InChI is InChI=1S/C21H14F2N2O2S2/c22-14-4-5-16(15(23)9-14)24-21-25(17(11-29-21)20-2-1-7-28-20)10-13-3-6-18-19(8-13)27-12-26-18/h1-9,11H,10,12H2. The first-order valence-electron chi connectivity index (χ1n) is 8.78. The van der Waals surface area contributed by atoms with E-state index in [1.165, 1.54) is 23.5 Å². The molecule has 0 saturated heterocycles. The molecule has 1 aliphatic heterocycles. The molecule has 4 nitrogen and oxygen atoms in total. The van der Waals surface area contributed by atoms with Gasteiger partial charge < -0.3 is 14.0 Å². The minimum atomic E-state index is -0.689. The van der Waals surface area contributed by atoms with Gasteiger partial charge in [0, 0.05) is 11.4 Å². The molecule has 146 valence electrons. The first kappa shape index (κ1) is 18.1. The molecule has 2 aromatic carbocycles. The summed E-state index contributed by atoms with van der Waals surface area (Å²) in [6.45, 7) is 0.740. The zero-order chi connectivity index (χ0) is 19.8. The summed E-state index contributed by atoms with van der Waals surface area (Å²) in [5, 5.41) is 4.01. The summed E-state index contributed by atoms with van der Waals surface area (Å²) in [5.74, 6) is 0.116. The lowest BCUT2D eigenvalue weighted by Gasteiger charge is -2.09. The molecule has 0 aliphatic carbocycles. The lowest BCUT2D eigenvalue weighted by molar-refractivity contribution is 0.174. The van der Waals surface area contributed by atoms with E-state index in [1.807, 2.05) is 45.7 Å². The third kappa shape index (κ3) is 3.56. The van der Waals surface area contributed by atoms with E-state index in [0.29, 0.717) is 17.1 Å². The van der Waals surface area contributed by atoms with Crippen LogP contribution in [0, 0.1) is 11.6 Å². The molecule has 0 atom stereocenters. The Balaban J connectivity index is 1.62. The van der Waals surface area contributed by atoms with E-state index in [0.717, 1.165) is 28.0 Å². The van der Waals surface area contributed by atoms with Crippen molar-refractivity contribution in [2.24, 2.45) is 4.99 Å². The third-order valence-electron chi connectivity index (χ3n) is 4.47. The number of thiophene rings is 1. The van der Waals surface area contributed by atoms with Gasteiger partial charge in [0.15, 0.2) is 22.1 Å². The highest BCUT2D eigenvalue weighted by atomic mass is 32.1. The van der Waals surface area contributed by atoms with Gasteiger partial charge in [0.05, 0.1) is 17.1 Å². The molecule has 2 aromatic heterocycles. The Morgan fingerprint density at radius 3 is 2.72 bits per heavy atom. The summed E-state index contributed by atoms with van der Waals surface area (Å²) in [5.41, 5.74) is 2.10. The minimum Gasteiger partial charge on any atom is -0.454 e. The highest BCUT2D eigenvalue weighted by Crippen LogP contribution is 2.33. The number of hydrogen-bond donors (Lipinski definition) is 0. The Labute approximate surface area is 172 Å². The van der Waals surface area contributed by atoms with Crippen LogP contribution in [0.2, 0.25) is 0 Å². The van der Waals surface area contributed by atoms with E-state index in [9.17, 15) is 8.78 Å². The van der Waals surface area contributed by atoms with E-state index in [1.54, 1.807) is 11.3 Å². The van der Waals surface area contributed by atoms with Crippen LogP contribution in [0.15, 0.2) is 64.3 Å². The predicted octanol–water partition coefficient (Wildman–Crippen LogP) is 5.57. The summed E-state index contributed by atoms with van der Waals surface area (Å²) in [6, 6.07) is 13.2. The molecule has 0 N–H and O–H groups in total. The first-order valence-corrected chi connectivity index (χ1v) is 10.5. The first-order chi connectivity index (χ1) is 14.2. The van der Waals surface area contributed by atoms with Crippen LogP contribution in [0.5, 0.6) is 11.5 Å². The van der Waals surface area contributed by atoms with Crippen molar-refractivity contribution in [1.29, 1.82) is 0 Å². The number of hydrogen-bond acceptors (Lipinski definition) is 5. The molecule has 0 fully saturated rings. The molecule has 0 unspecified atom stereocenters. The van der Waals surface area contributed by atoms with Crippen LogP contribution < -0.4 is 14.3 Å².